The van der Waals surface area contributed by atoms with E-state index in [9.17, 15) is 4.79 Å². The molecule has 2 rings (SSSR count). The van der Waals surface area contributed by atoms with E-state index in [1.165, 1.54) is 38.5 Å². The van der Waals surface area contributed by atoms with Crippen molar-refractivity contribution in [2.24, 2.45) is 17.3 Å². The van der Waals surface area contributed by atoms with Crippen molar-refractivity contribution in [1.82, 2.24) is 0 Å². The van der Waals surface area contributed by atoms with Crippen molar-refractivity contribution in [3.8, 4) is 0 Å². The van der Waals surface area contributed by atoms with Gasteiger partial charge < -0.3 is 4.74 Å². The molecular formula is C18H30O2. The van der Waals surface area contributed by atoms with E-state index < -0.39 is 5.60 Å². The Morgan fingerprint density at radius 1 is 1.30 bits per heavy atom. The molecule has 0 radical (unpaired) electrons. The Morgan fingerprint density at radius 2 is 1.85 bits per heavy atom. The number of esters is 1. The van der Waals surface area contributed by atoms with Crippen LogP contribution >= 0.6 is 0 Å². The third-order valence-corrected chi connectivity index (χ3v) is 5.90. The number of rotatable bonds is 4. The summed E-state index contributed by atoms with van der Waals surface area (Å²) in [5.74, 6) is 1.44. The SMILES string of the molecule is C=C(C)C(=O)OC(C)(C)C1(CC)CC2CCCC(C2)C1. The van der Waals surface area contributed by atoms with Crippen molar-refractivity contribution in [2.75, 3.05) is 0 Å². The smallest absolute Gasteiger partial charge is 0.333 e. The molecule has 0 aromatic rings. The molecule has 2 nitrogen and oxygen atoms in total. The van der Waals surface area contributed by atoms with E-state index >= 15 is 0 Å². The zero-order valence-electron chi connectivity index (χ0n) is 13.6. The minimum absolute atomic E-state index is 0.145. The molecular weight excluding hydrogens is 248 g/mol. The molecule has 0 spiro atoms. The van der Waals surface area contributed by atoms with E-state index in [0.717, 1.165) is 18.3 Å². The van der Waals surface area contributed by atoms with Gasteiger partial charge in [-0.1, -0.05) is 32.8 Å². The molecule has 0 aromatic carbocycles. The van der Waals surface area contributed by atoms with Crippen molar-refractivity contribution in [3.05, 3.63) is 12.2 Å². The molecule has 2 unspecified atom stereocenters. The van der Waals surface area contributed by atoms with Crippen molar-refractivity contribution >= 4 is 5.97 Å². The van der Waals surface area contributed by atoms with Crippen LogP contribution in [0.15, 0.2) is 12.2 Å². The maximum atomic E-state index is 12.0. The van der Waals surface area contributed by atoms with Gasteiger partial charge in [0.2, 0.25) is 0 Å². The molecule has 2 fully saturated rings. The Labute approximate surface area is 124 Å². The summed E-state index contributed by atoms with van der Waals surface area (Å²) in [5, 5.41) is 0. The maximum Gasteiger partial charge on any atom is 0.333 e. The second-order valence-corrected chi connectivity index (χ2v) is 7.62. The molecule has 2 atom stereocenters. The van der Waals surface area contributed by atoms with Gasteiger partial charge in [-0.05, 0) is 58.3 Å². The summed E-state index contributed by atoms with van der Waals surface area (Å²) in [7, 11) is 0. The van der Waals surface area contributed by atoms with Crippen LogP contribution < -0.4 is 0 Å². The lowest BCUT2D eigenvalue weighted by molar-refractivity contribution is -0.176. The van der Waals surface area contributed by atoms with Gasteiger partial charge in [0.15, 0.2) is 0 Å². The van der Waals surface area contributed by atoms with Gasteiger partial charge in [-0.25, -0.2) is 4.79 Å². The maximum absolute atomic E-state index is 12.0. The topological polar surface area (TPSA) is 26.3 Å². The second kappa shape index (κ2) is 5.54. The Kier molecular flexibility index (Phi) is 4.32. The largest absolute Gasteiger partial charge is 0.456 e. The van der Waals surface area contributed by atoms with E-state index in [4.69, 9.17) is 4.74 Å². The van der Waals surface area contributed by atoms with Crippen molar-refractivity contribution in [1.29, 1.82) is 0 Å². The highest BCUT2D eigenvalue weighted by atomic mass is 16.6. The summed E-state index contributed by atoms with van der Waals surface area (Å²) < 4.78 is 5.86. The van der Waals surface area contributed by atoms with Gasteiger partial charge in [0.1, 0.15) is 5.60 Å². The van der Waals surface area contributed by atoms with Crippen LogP contribution in [0.3, 0.4) is 0 Å². The highest BCUT2D eigenvalue weighted by molar-refractivity contribution is 5.87. The number of carbonyl (C=O) groups excluding carboxylic acids is 1. The van der Waals surface area contributed by atoms with Crippen LogP contribution in [-0.4, -0.2) is 11.6 Å². The summed E-state index contributed by atoms with van der Waals surface area (Å²) in [6, 6.07) is 0. The highest BCUT2D eigenvalue weighted by Gasteiger charge is 2.51. The Morgan fingerprint density at radius 3 is 2.30 bits per heavy atom. The van der Waals surface area contributed by atoms with Gasteiger partial charge in [0.05, 0.1) is 0 Å². The van der Waals surface area contributed by atoms with E-state index in [1.54, 1.807) is 6.92 Å². The first kappa shape index (κ1) is 15.6. The first-order valence-corrected chi connectivity index (χ1v) is 8.18. The van der Waals surface area contributed by atoms with Crippen LogP contribution in [0.1, 0.15) is 72.6 Å². The summed E-state index contributed by atoms with van der Waals surface area (Å²) in [6.07, 6.45) is 9.04. The third kappa shape index (κ3) is 2.80. The number of carbonyl (C=O) groups is 1. The summed E-state index contributed by atoms with van der Waals surface area (Å²) in [4.78, 5) is 12.0. The van der Waals surface area contributed by atoms with E-state index in [0.29, 0.717) is 5.57 Å². The van der Waals surface area contributed by atoms with Gasteiger partial charge in [-0.2, -0.15) is 0 Å². The molecule has 0 aromatic heterocycles. The molecule has 114 valence electrons. The fourth-order valence-electron chi connectivity index (χ4n) is 4.59. The van der Waals surface area contributed by atoms with E-state index in [-0.39, 0.29) is 11.4 Å². The Balaban J connectivity index is 2.20. The fourth-order valence-corrected chi connectivity index (χ4v) is 4.59. The molecule has 2 aliphatic carbocycles. The lowest BCUT2D eigenvalue weighted by Crippen LogP contribution is -2.51. The predicted octanol–water partition coefficient (Wildman–Crippen LogP) is 4.88. The number of ether oxygens (including phenoxy) is 1. The molecule has 2 saturated carbocycles. The van der Waals surface area contributed by atoms with Crippen LogP contribution in [0.2, 0.25) is 0 Å². The number of hydrogen-bond donors (Lipinski definition) is 0. The van der Waals surface area contributed by atoms with Crippen LogP contribution in [-0.2, 0) is 9.53 Å². The van der Waals surface area contributed by atoms with E-state index in [2.05, 4.69) is 27.4 Å². The van der Waals surface area contributed by atoms with Crippen LogP contribution in [0, 0.1) is 17.3 Å². The number of fused-ring (bicyclic) bond motifs is 2. The molecule has 2 heteroatoms. The van der Waals surface area contributed by atoms with Gasteiger partial charge in [0, 0.05) is 11.0 Å². The van der Waals surface area contributed by atoms with Crippen LogP contribution in [0.5, 0.6) is 0 Å². The molecule has 20 heavy (non-hydrogen) atoms. The fraction of sp³-hybridized carbons (Fsp3) is 0.833. The summed E-state index contributed by atoms with van der Waals surface area (Å²) in [6.45, 7) is 11.9. The van der Waals surface area contributed by atoms with Crippen molar-refractivity contribution in [2.45, 2.75) is 78.2 Å². The minimum atomic E-state index is -0.397. The molecule has 0 saturated heterocycles. The second-order valence-electron chi connectivity index (χ2n) is 7.62. The highest BCUT2D eigenvalue weighted by Crippen LogP contribution is 2.56. The number of hydrogen-bond acceptors (Lipinski definition) is 2. The molecule has 2 bridgehead atoms. The van der Waals surface area contributed by atoms with Crippen LogP contribution in [0.25, 0.3) is 0 Å². The molecule has 2 aliphatic rings. The zero-order chi connectivity index (χ0) is 15.0. The standard InChI is InChI=1S/C18H30O2/c1-6-18(17(4,5)20-16(19)13(2)3)11-14-8-7-9-15(10-14)12-18/h14-15H,2,6-12H2,1,3-5H3. The first-order valence-electron chi connectivity index (χ1n) is 8.18. The predicted molar refractivity (Wildman–Crippen MR) is 82.4 cm³/mol. The van der Waals surface area contributed by atoms with Crippen molar-refractivity contribution in [3.63, 3.8) is 0 Å². The monoisotopic (exact) mass is 278 g/mol. The molecule has 0 N–H and O–H groups in total. The zero-order valence-corrected chi connectivity index (χ0v) is 13.6. The molecule has 0 amide bonds. The van der Waals surface area contributed by atoms with Gasteiger partial charge >= 0.3 is 5.97 Å². The third-order valence-electron chi connectivity index (χ3n) is 5.90. The first-order chi connectivity index (χ1) is 9.29. The summed E-state index contributed by atoms with van der Waals surface area (Å²) >= 11 is 0. The lowest BCUT2D eigenvalue weighted by Gasteiger charge is -2.54. The van der Waals surface area contributed by atoms with Crippen LogP contribution in [0.4, 0.5) is 0 Å². The lowest BCUT2D eigenvalue weighted by atomic mass is 9.54. The van der Waals surface area contributed by atoms with Gasteiger partial charge in [0.25, 0.3) is 0 Å². The molecule has 0 aliphatic heterocycles. The normalized spacial score (nSPS) is 33.6. The Hall–Kier alpha value is -0.790. The average Bonchev–Trinajstić information content (AvgIpc) is 2.37. The molecule has 0 heterocycles. The van der Waals surface area contributed by atoms with E-state index in [1.807, 2.05) is 0 Å². The quantitative estimate of drug-likeness (QED) is 0.541. The van der Waals surface area contributed by atoms with Crippen molar-refractivity contribution < 1.29 is 9.53 Å². The average molecular weight is 278 g/mol. The van der Waals surface area contributed by atoms with Gasteiger partial charge in [-0.15, -0.1) is 0 Å². The summed E-state index contributed by atoms with van der Waals surface area (Å²) in [5.41, 5.74) is 0.248. The Bertz CT molecular complexity index is 382. The minimum Gasteiger partial charge on any atom is -0.456 e. The van der Waals surface area contributed by atoms with Gasteiger partial charge in [-0.3, -0.25) is 0 Å².